The predicted molar refractivity (Wildman–Crippen MR) is 103 cm³/mol. The molecule has 138 valence electrons. The molecule has 0 N–H and O–H groups in total. The molecule has 1 aliphatic rings. The van der Waals surface area contributed by atoms with Gasteiger partial charge in [0.2, 0.25) is 5.91 Å². The molecule has 0 bridgehead atoms. The number of hydrogen-bond acceptors (Lipinski definition) is 5. The summed E-state index contributed by atoms with van der Waals surface area (Å²) in [5.41, 5.74) is 2.78. The van der Waals surface area contributed by atoms with Crippen molar-refractivity contribution in [3.8, 4) is 11.3 Å². The Morgan fingerprint density at radius 3 is 2.74 bits per heavy atom. The van der Waals surface area contributed by atoms with Gasteiger partial charge in [0.25, 0.3) is 0 Å². The van der Waals surface area contributed by atoms with E-state index < -0.39 is 0 Å². The molecule has 0 radical (unpaired) electrons. The van der Waals surface area contributed by atoms with E-state index in [4.69, 9.17) is 4.52 Å². The van der Waals surface area contributed by atoms with Crippen molar-refractivity contribution in [1.82, 2.24) is 15.0 Å². The molecule has 4 rings (SSSR count). The molecule has 27 heavy (non-hydrogen) atoms. The van der Waals surface area contributed by atoms with Gasteiger partial charge in [0, 0.05) is 49.2 Å². The maximum Gasteiger partial charge on any atom is 0.227 e. The van der Waals surface area contributed by atoms with E-state index in [1.807, 2.05) is 60.5 Å². The summed E-state index contributed by atoms with van der Waals surface area (Å²) in [7, 11) is 2.05. The normalized spacial score (nSPS) is 17.0. The minimum atomic E-state index is 0.194. The number of rotatable bonds is 6. The average molecular weight is 362 g/mol. The van der Waals surface area contributed by atoms with Crippen molar-refractivity contribution in [1.29, 1.82) is 0 Å². The zero-order valence-corrected chi connectivity index (χ0v) is 15.3. The summed E-state index contributed by atoms with van der Waals surface area (Å²) in [6.07, 6.45) is 4.06. The van der Waals surface area contributed by atoms with Crippen molar-refractivity contribution in [3.63, 3.8) is 0 Å². The lowest BCUT2D eigenvalue weighted by atomic mass is 10.1. The molecule has 0 aliphatic carbocycles. The van der Waals surface area contributed by atoms with Crippen LogP contribution in [-0.2, 0) is 11.3 Å². The molecule has 0 unspecified atom stereocenters. The minimum absolute atomic E-state index is 0.194. The fraction of sp³-hybridized carbons (Fsp3) is 0.286. The third kappa shape index (κ3) is 4.06. The zero-order chi connectivity index (χ0) is 18.6. The molecule has 1 fully saturated rings. The van der Waals surface area contributed by atoms with Crippen LogP contribution in [0.25, 0.3) is 11.3 Å². The van der Waals surface area contributed by atoms with Gasteiger partial charge in [-0.1, -0.05) is 23.4 Å². The van der Waals surface area contributed by atoms with Gasteiger partial charge in [0.1, 0.15) is 5.69 Å². The minimum Gasteiger partial charge on any atom is -0.359 e. The molecule has 6 heteroatoms. The molecule has 3 aromatic rings. The molecule has 6 nitrogen and oxygen atoms in total. The van der Waals surface area contributed by atoms with Crippen molar-refractivity contribution < 1.29 is 9.32 Å². The van der Waals surface area contributed by atoms with Crippen LogP contribution >= 0.6 is 0 Å². The SMILES string of the molecule is CN(Cc1cc(-c2ccncc2)no1)C[C@H]1CC(=O)N(c2ccccc2)C1. The van der Waals surface area contributed by atoms with E-state index in [1.165, 1.54) is 0 Å². The molecule has 0 saturated carbocycles. The topological polar surface area (TPSA) is 62.5 Å². The number of anilines is 1. The molecule has 0 spiro atoms. The summed E-state index contributed by atoms with van der Waals surface area (Å²) in [5.74, 6) is 1.32. The van der Waals surface area contributed by atoms with Crippen LogP contribution in [0.3, 0.4) is 0 Å². The average Bonchev–Trinajstić information content (AvgIpc) is 3.29. The van der Waals surface area contributed by atoms with Crippen molar-refractivity contribution >= 4 is 11.6 Å². The van der Waals surface area contributed by atoms with Crippen LogP contribution < -0.4 is 4.90 Å². The Morgan fingerprint density at radius 2 is 1.96 bits per heavy atom. The number of amides is 1. The highest BCUT2D eigenvalue weighted by Crippen LogP contribution is 2.26. The highest BCUT2D eigenvalue weighted by molar-refractivity contribution is 5.95. The van der Waals surface area contributed by atoms with Gasteiger partial charge in [0.15, 0.2) is 5.76 Å². The van der Waals surface area contributed by atoms with Crippen LogP contribution in [-0.4, -0.2) is 41.1 Å². The number of pyridine rings is 1. The summed E-state index contributed by atoms with van der Waals surface area (Å²) < 4.78 is 5.48. The van der Waals surface area contributed by atoms with Gasteiger partial charge < -0.3 is 9.42 Å². The first-order valence-corrected chi connectivity index (χ1v) is 9.09. The number of benzene rings is 1. The summed E-state index contributed by atoms with van der Waals surface area (Å²) >= 11 is 0. The fourth-order valence-corrected chi connectivity index (χ4v) is 3.58. The van der Waals surface area contributed by atoms with Crippen LogP contribution in [0.1, 0.15) is 12.2 Å². The third-order valence-electron chi connectivity index (χ3n) is 4.80. The zero-order valence-electron chi connectivity index (χ0n) is 15.3. The number of carbonyl (C=O) groups is 1. The Labute approximate surface area is 158 Å². The number of para-hydroxylation sites is 1. The van der Waals surface area contributed by atoms with E-state index in [1.54, 1.807) is 12.4 Å². The second-order valence-electron chi connectivity index (χ2n) is 7.02. The second-order valence-corrected chi connectivity index (χ2v) is 7.02. The quantitative estimate of drug-likeness (QED) is 0.674. The van der Waals surface area contributed by atoms with Gasteiger partial charge >= 0.3 is 0 Å². The lowest BCUT2D eigenvalue weighted by Crippen LogP contribution is -2.28. The standard InChI is InChI=1S/C21H22N4O2/c1-24(15-19-12-20(23-27-19)17-7-9-22-10-8-17)13-16-11-21(26)25(14-16)18-5-3-2-4-6-18/h2-10,12,16H,11,13-15H2,1H3/t16-/m1/s1. The Balaban J connectivity index is 1.34. The monoisotopic (exact) mass is 362 g/mol. The Bertz CT molecular complexity index is 895. The molecule has 1 aliphatic heterocycles. The maximum atomic E-state index is 12.4. The lowest BCUT2D eigenvalue weighted by Gasteiger charge is -2.20. The van der Waals surface area contributed by atoms with Gasteiger partial charge in [-0.25, -0.2) is 0 Å². The van der Waals surface area contributed by atoms with E-state index in [9.17, 15) is 4.79 Å². The van der Waals surface area contributed by atoms with Crippen molar-refractivity contribution in [2.24, 2.45) is 5.92 Å². The molecule has 1 amide bonds. The fourth-order valence-electron chi connectivity index (χ4n) is 3.58. The van der Waals surface area contributed by atoms with Crippen LogP contribution in [0.2, 0.25) is 0 Å². The van der Waals surface area contributed by atoms with E-state index in [0.717, 1.165) is 35.8 Å². The third-order valence-corrected chi connectivity index (χ3v) is 4.80. The van der Waals surface area contributed by atoms with E-state index in [-0.39, 0.29) is 5.91 Å². The lowest BCUT2D eigenvalue weighted by molar-refractivity contribution is -0.117. The number of nitrogens with zero attached hydrogens (tertiary/aromatic N) is 4. The summed E-state index contributed by atoms with van der Waals surface area (Å²) in [4.78, 5) is 20.4. The largest absolute Gasteiger partial charge is 0.359 e. The number of aromatic nitrogens is 2. The molecular weight excluding hydrogens is 340 g/mol. The van der Waals surface area contributed by atoms with Gasteiger partial charge in [0.05, 0.1) is 6.54 Å². The summed E-state index contributed by atoms with van der Waals surface area (Å²) in [6.45, 7) is 2.25. The van der Waals surface area contributed by atoms with E-state index >= 15 is 0 Å². The first-order valence-electron chi connectivity index (χ1n) is 9.09. The van der Waals surface area contributed by atoms with Crippen LogP contribution in [0.5, 0.6) is 0 Å². The molecule has 2 aromatic heterocycles. The smallest absolute Gasteiger partial charge is 0.227 e. The number of hydrogen-bond donors (Lipinski definition) is 0. The van der Waals surface area contributed by atoms with Crippen LogP contribution in [0, 0.1) is 5.92 Å². The van der Waals surface area contributed by atoms with Gasteiger partial charge in [-0.05, 0) is 37.2 Å². The number of carbonyl (C=O) groups excluding carboxylic acids is 1. The Hall–Kier alpha value is -2.99. The van der Waals surface area contributed by atoms with Crippen LogP contribution in [0.15, 0.2) is 65.4 Å². The van der Waals surface area contributed by atoms with Gasteiger partial charge in [-0.3, -0.25) is 14.7 Å². The van der Waals surface area contributed by atoms with E-state index in [0.29, 0.717) is 18.9 Å². The molecular formula is C21H22N4O2. The van der Waals surface area contributed by atoms with Crippen molar-refractivity contribution in [3.05, 3.63) is 66.7 Å². The molecule has 1 aromatic carbocycles. The predicted octanol–water partition coefficient (Wildman–Crippen LogP) is 3.22. The van der Waals surface area contributed by atoms with Gasteiger partial charge in [-0.15, -0.1) is 0 Å². The van der Waals surface area contributed by atoms with Gasteiger partial charge in [-0.2, -0.15) is 0 Å². The highest BCUT2D eigenvalue weighted by atomic mass is 16.5. The van der Waals surface area contributed by atoms with E-state index in [2.05, 4.69) is 15.0 Å². The first kappa shape index (κ1) is 17.4. The molecule has 1 saturated heterocycles. The summed E-state index contributed by atoms with van der Waals surface area (Å²) in [5, 5.41) is 4.14. The van der Waals surface area contributed by atoms with Crippen LogP contribution in [0.4, 0.5) is 5.69 Å². The highest BCUT2D eigenvalue weighted by Gasteiger charge is 2.31. The Kier molecular flexibility index (Phi) is 4.98. The Morgan fingerprint density at radius 1 is 1.19 bits per heavy atom. The second kappa shape index (κ2) is 7.72. The van der Waals surface area contributed by atoms with Crippen molar-refractivity contribution in [2.45, 2.75) is 13.0 Å². The van der Waals surface area contributed by atoms with Crippen molar-refractivity contribution in [2.75, 3.05) is 25.0 Å². The first-order chi connectivity index (χ1) is 13.2. The molecule has 3 heterocycles. The summed E-state index contributed by atoms with van der Waals surface area (Å²) in [6, 6.07) is 15.6. The maximum absolute atomic E-state index is 12.4. The molecule has 1 atom stereocenters.